The van der Waals surface area contributed by atoms with Gasteiger partial charge in [-0.1, -0.05) is 42.8 Å². The molecule has 3 aliphatic heterocycles. The van der Waals surface area contributed by atoms with Crippen LogP contribution in [0.25, 0.3) is 22.1 Å². The van der Waals surface area contributed by atoms with E-state index >= 15 is 0 Å². The zero-order valence-electron chi connectivity index (χ0n) is 39.0. The Labute approximate surface area is 400 Å². The summed E-state index contributed by atoms with van der Waals surface area (Å²) in [6.45, 7) is 19.0. The average Bonchev–Trinajstić information content (AvgIpc) is 3.98. The van der Waals surface area contributed by atoms with Crippen molar-refractivity contribution in [1.82, 2.24) is 49.5 Å². The first-order valence-electron chi connectivity index (χ1n) is 23.3. The largest absolute Gasteiger partial charge is 0.508 e. The molecule has 0 saturated carbocycles. The number of phenolic OH excluding ortho intramolecular Hbond substituents is 2. The smallest absolute Gasteiger partial charge is 0.289 e. The molecule has 15 nitrogen and oxygen atoms in total. The molecule has 9 rings (SSSR count). The summed E-state index contributed by atoms with van der Waals surface area (Å²) >= 11 is 8.01. The third kappa shape index (κ3) is 9.49. The summed E-state index contributed by atoms with van der Waals surface area (Å²) < 4.78 is 3.76. The van der Waals surface area contributed by atoms with E-state index in [9.17, 15) is 19.8 Å². The van der Waals surface area contributed by atoms with Gasteiger partial charge < -0.3 is 25.3 Å². The Morgan fingerprint density at radius 1 is 0.851 bits per heavy atom. The average molecular weight is 945 g/mol. The number of carbonyl (C=O) groups is 2. The summed E-state index contributed by atoms with van der Waals surface area (Å²) in [5, 5.41) is 43.5. The number of carbonyl (C=O) groups excluding carboxylic acids is 2. The third-order valence-corrected chi connectivity index (χ3v) is 14.8. The topological polar surface area (TPSA) is 170 Å². The predicted octanol–water partition coefficient (Wildman–Crippen LogP) is 7.61. The van der Waals surface area contributed by atoms with Gasteiger partial charge in [0.25, 0.3) is 5.91 Å². The Morgan fingerprint density at radius 3 is 2.24 bits per heavy atom. The van der Waals surface area contributed by atoms with E-state index in [2.05, 4.69) is 66.1 Å². The molecule has 17 heteroatoms. The van der Waals surface area contributed by atoms with Gasteiger partial charge in [0.05, 0.1) is 17.7 Å². The molecule has 6 heterocycles. The lowest BCUT2D eigenvalue weighted by Crippen LogP contribution is -2.48. The van der Waals surface area contributed by atoms with E-state index in [0.717, 1.165) is 98.4 Å². The minimum Gasteiger partial charge on any atom is -0.508 e. The van der Waals surface area contributed by atoms with Crippen molar-refractivity contribution in [2.24, 2.45) is 10.9 Å². The first-order chi connectivity index (χ1) is 32.3. The van der Waals surface area contributed by atoms with E-state index in [-0.39, 0.29) is 41.6 Å². The highest BCUT2D eigenvalue weighted by Crippen LogP contribution is 2.40. The van der Waals surface area contributed by atoms with Crippen molar-refractivity contribution in [3.63, 3.8) is 0 Å². The second-order valence-electron chi connectivity index (χ2n) is 18.3. The molecule has 3 aliphatic rings. The molecule has 350 valence electrons. The zero-order chi connectivity index (χ0) is 47.1. The minimum atomic E-state index is -0.482. The van der Waals surface area contributed by atoms with Gasteiger partial charge in [0.15, 0.2) is 11.6 Å². The molecule has 3 aromatic heterocycles. The molecular formula is C50H58ClN11O4S. The number of benzene rings is 3. The maximum atomic E-state index is 14.1. The number of phenols is 2. The summed E-state index contributed by atoms with van der Waals surface area (Å²) in [5.74, 6) is 1.98. The number of aliphatic imine (C=N–C) groups is 1. The molecule has 3 N–H and O–H groups in total. The highest BCUT2D eigenvalue weighted by Gasteiger charge is 2.35. The second kappa shape index (κ2) is 19.3. The number of rotatable bonds is 12. The van der Waals surface area contributed by atoms with Crippen molar-refractivity contribution >= 4 is 40.5 Å². The molecule has 0 spiro atoms. The Bertz CT molecular complexity index is 2820. The van der Waals surface area contributed by atoms with Gasteiger partial charge in [-0.25, -0.2) is 0 Å². The molecular weight excluding hydrogens is 886 g/mol. The quantitative estimate of drug-likeness (QED) is 0.111. The maximum Gasteiger partial charge on any atom is 0.289 e. The fraction of sp³-hybridized carbons (Fsp3) is 0.420. The van der Waals surface area contributed by atoms with E-state index in [1.165, 1.54) is 16.5 Å². The van der Waals surface area contributed by atoms with E-state index < -0.39 is 6.04 Å². The number of hydrogen-bond acceptors (Lipinski definition) is 12. The van der Waals surface area contributed by atoms with Gasteiger partial charge in [-0.3, -0.25) is 28.6 Å². The number of nitrogens with one attached hydrogen (secondary N) is 1. The summed E-state index contributed by atoms with van der Waals surface area (Å²) in [7, 11) is 0. The van der Waals surface area contributed by atoms with Crippen LogP contribution in [-0.4, -0.2) is 124 Å². The predicted molar refractivity (Wildman–Crippen MR) is 261 cm³/mol. The fourth-order valence-corrected chi connectivity index (χ4v) is 10.9. The monoisotopic (exact) mass is 943 g/mol. The lowest BCUT2D eigenvalue weighted by atomic mass is 9.95. The van der Waals surface area contributed by atoms with E-state index in [1.54, 1.807) is 22.0 Å². The number of aryl methyl sites for hydroxylation is 3. The lowest BCUT2D eigenvalue weighted by Gasteiger charge is -2.39. The van der Waals surface area contributed by atoms with Gasteiger partial charge in [0, 0.05) is 91.2 Å². The molecule has 6 aromatic rings. The van der Waals surface area contributed by atoms with E-state index in [1.807, 2.05) is 69.0 Å². The van der Waals surface area contributed by atoms with Gasteiger partial charge in [-0.2, -0.15) is 0 Å². The molecule has 0 radical (unpaired) electrons. The first-order valence-corrected chi connectivity index (χ1v) is 24.4. The van der Waals surface area contributed by atoms with Crippen LogP contribution in [0.3, 0.4) is 0 Å². The molecule has 1 atom stereocenters. The van der Waals surface area contributed by atoms with Crippen molar-refractivity contribution in [1.29, 1.82) is 0 Å². The second-order valence-corrected chi connectivity index (χ2v) is 20.0. The molecule has 2 amide bonds. The Morgan fingerprint density at radius 2 is 1.55 bits per heavy atom. The van der Waals surface area contributed by atoms with Crippen LogP contribution in [-0.2, 0) is 17.8 Å². The maximum absolute atomic E-state index is 14.1. The Balaban J connectivity index is 0.804. The number of fused-ring (bicyclic) bond motifs is 3. The molecule has 0 aliphatic carbocycles. The highest BCUT2D eigenvalue weighted by atomic mass is 35.5. The molecule has 3 aromatic carbocycles. The minimum absolute atomic E-state index is 0.000543. The molecule has 0 bridgehead atoms. The van der Waals surface area contributed by atoms with Crippen LogP contribution in [0.15, 0.2) is 65.7 Å². The van der Waals surface area contributed by atoms with Crippen LogP contribution >= 0.6 is 22.9 Å². The number of aromatic nitrogens is 6. The Hall–Kier alpha value is -5.94. The lowest BCUT2D eigenvalue weighted by molar-refractivity contribution is -0.133. The Kier molecular flexibility index (Phi) is 13.3. The van der Waals surface area contributed by atoms with Gasteiger partial charge >= 0.3 is 0 Å². The summed E-state index contributed by atoms with van der Waals surface area (Å²) in [6, 6.07) is 18.2. The van der Waals surface area contributed by atoms with Crippen LogP contribution in [0, 0.1) is 26.7 Å². The van der Waals surface area contributed by atoms with Crippen molar-refractivity contribution < 1.29 is 19.8 Å². The summed E-state index contributed by atoms with van der Waals surface area (Å²) in [6.07, 6.45) is 2.71. The van der Waals surface area contributed by atoms with Gasteiger partial charge in [0.1, 0.15) is 28.4 Å². The van der Waals surface area contributed by atoms with Gasteiger partial charge in [-0.05, 0) is 107 Å². The van der Waals surface area contributed by atoms with Crippen molar-refractivity contribution in [2.75, 3.05) is 45.8 Å². The number of piperazine rings is 1. The standard InChI is InChI=1S/C50H58ClN11O4S/c1-7-35-24-39(42(64)26-41(35)63)46-55-57-48(49(66)52-29(2)3)62(46)38-14-8-33(9-15-38)27-58-20-22-59(23-21-58)28-34-16-18-60(19-17-34)43(65)25-40-47-56-54-32(6)61(47)50-44(30(4)31(5)67-50)45(53-40)36-10-12-37(51)13-11-36/h8-15,24,26,29,34,40,63-64H,7,16-23,25,27-28H2,1-6H3,(H,52,66)/t40-/m0/s1. The van der Waals surface area contributed by atoms with Crippen LogP contribution in [0.2, 0.25) is 5.02 Å². The number of nitrogens with zero attached hydrogens (tertiary/aromatic N) is 10. The molecule has 67 heavy (non-hydrogen) atoms. The number of hydrogen-bond donors (Lipinski definition) is 3. The zero-order valence-corrected chi connectivity index (χ0v) is 40.5. The number of amides is 2. The van der Waals surface area contributed by atoms with E-state index in [4.69, 9.17) is 16.6 Å². The number of halogens is 1. The number of likely N-dealkylation sites (tertiary alicyclic amines) is 1. The number of piperidine rings is 1. The highest BCUT2D eigenvalue weighted by molar-refractivity contribution is 7.15. The third-order valence-electron chi connectivity index (χ3n) is 13.4. The SMILES string of the molecule is CCc1cc(-c2nnc(C(=O)NC(C)C)n2-c2ccc(CN3CCN(CC4CCN(C(=O)C[C@@H]5N=C(c6ccc(Cl)cc6)c6c(sc(C)c6C)-n6c(C)nnc65)CC4)CC3)cc2)c(O)cc1O. The van der Waals surface area contributed by atoms with Crippen LogP contribution in [0.1, 0.15) is 101 Å². The van der Waals surface area contributed by atoms with Crippen LogP contribution in [0.4, 0.5) is 0 Å². The summed E-state index contributed by atoms with van der Waals surface area (Å²) in [4.78, 5) is 41.0. The van der Waals surface area contributed by atoms with Gasteiger partial charge in [0.2, 0.25) is 11.7 Å². The van der Waals surface area contributed by atoms with Crippen molar-refractivity contribution in [3.05, 3.63) is 116 Å². The fourth-order valence-electron chi connectivity index (χ4n) is 9.56. The van der Waals surface area contributed by atoms with Crippen LogP contribution in [0.5, 0.6) is 11.5 Å². The van der Waals surface area contributed by atoms with Crippen molar-refractivity contribution in [2.45, 2.75) is 85.9 Å². The van der Waals surface area contributed by atoms with E-state index in [0.29, 0.717) is 45.8 Å². The van der Waals surface area contributed by atoms with Crippen molar-refractivity contribution in [3.8, 4) is 33.6 Å². The number of thiophene rings is 1. The first kappa shape index (κ1) is 46.2. The van der Waals surface area contributed by atoms with Crippen LogP contribution < -0.4 is 5.32 Å². The number of aromatic hydroxyl groups is 2. The molecule has 2 saturated heterocycles. The van der Waals surface area contributed by atoms with Gasteiger partial charge in [-0.15, -0.1) is 31.7 Å². The normalized spacial score (nSPS) is 17.0. The summed E-state index contributed by atoms with van der Waals surface area (Å²) in [5.41, 5.74) is 6.89. The molecule has 2 fully saturated rings. The molecule has 0 unspecified atom stereocenters.